The summed E-state index contributed by atoms with van der Waals surface area (Å²) >= 11 is 0. The number of rotatable bonds is 5. The van der Waals surface area contributed by atoms with E-state index in [0.29, 0.717) is 17.4 Å². The van der Waals surface area contributed by atoms with E-state index in [1.807, 2.05) is 6.92 Å². The number of amides is 1. The molecule has 22 heavy (non-hydrogen) atoms. The Labute approximate surface area is 126 Å². The third-order valence-electron chi connectivity index (χ3n) is 3.65. The zero-order valence-corrected chi connectivity index (χ0v) is 12.3. The summed E-state index contributed by atoms with van der Waals surface area (Å²) in [5.74, 6) is -2.13. The van der Waals surface area contributed by atoms with Gasteiger partial charge >= 0.3 is 11.6 Å². The summed E-state index contributed by atoms with van der Waals surface area (Å²) in [6.45, 7) is 3.55. The van der Waals surface area contributed by atoms with Crippen LogP contribution in [-0.2, 0) is 4.79 Å². The first-order valence-electron chi connectivity index (χ1n) is 7.00. The third-order valence-corrected chi connectivity index (χ3v) is 3.65. The van der Waals surface area contributed by atoms with Gasteiger partial charge in [0.25, 0.3) is 5.91 Å². The maximum atomic E-state index is 12.2. The molecule has 1 aromatic carbocycles. The van der Waals surface area contributed by atoms with Crippen LogP contribution >= 0.6 is 0 Å². The standard InChI is InChI=1S/C16H17NO5/c1-3-9(2)13(15(19)20)17-14(18)11-8-10-6-4-5-7-12(10)22-16(11)21/h4-9,13H,3H2,1-2H3,(H,17,18)(H,19,20)/t9-,13-/m0/s1. The van der Waals surface area contributed by atoms with Gasteiger partial charge in [-0.05, 0) is 18.1 Å². The molecule has 1 heterocycles. The van der Waals surface area contributed by atoms with Crippen molar-refractivity contribution < 1.29 is 19.1 Å². The Morgan fingerprint density at radius 2 is 2.00 bits per heavy atom. The number of carboxylic acid groups (broad SMARTS) is 1. The summed E-state index contributed by atoms with van der Waals surface area (Å²) in [5, 5.41) is 12.2. The molecule has 1 aromatic heterocycles. The van der Waals surface area contributed by atoms with E-state index >= 15 is 0 Å². The lowest BCUT2D eigenvalue weighted by Crippen LogP contribution is -2.46. The van der Waals surface area contributed by atoms with E-state index < -0.39 is 23.5 Å². The quantitative estimate of drug-likeness (QED) is 0.824. The highest BCUT2D eigenvalue weighted by atomic mass is 16.4. The molecule has 0 saturated heterocycles. The molecule has 0 aliphatic heterocycles. The first-order valence-corrected chi connectivity index (χ1v) is 7.00. The third kappa shape index (κ3) is 3.16. The van der Waals surface area contributed by atoms with E-state index in [1.165, 1.54) is 6.07 Å². The summed E-state index contributed by atoms with van der Waals surface area (Å²) in [7, 11) is 0. The van der Waals surface area contributed by atoms with Crippen LogP contribution < -0.4 is 10.9 Å². The number of hydrogen-bond donors (Lipinski definition) is 2. The number of carbonyl (C=O) groups excluding carboxylic acids is 1. The van der Waals surface area contributed by atoms with Gasteiger partial charge in [-0.25, -0.2) is 9.59 Å². The predicted molar refractivity (Wildman–Crippen MR) is 80.8 cm³/mol. The van der Waals surface area contributed by atoms with Crippen LogP contribution in [0.4, 0.5) is 0 Å². The van der Waals surface area contributed by atoms with Crippen LogP contribution in [-0.4, -0.2) is 23.0 Å². The van der Waals surface area contributed by atoms with Crippen LogP contribution in [0.3, 0.4) is 0 Å². The fourth-order valence-corrected chi connectivity index (χ4v) is 2.12. The van der Waals surface area contributed by atoms with E-state index in [2.05, 4.69) is 5.32 Å². The van der Waals surface area contributed by atoms with Crippen LogP contribution in [0.1, 0.15) is 30.6 Å². The highest BCUT2D eigenvalue weighted by molar-refractivity contribution is 5.98. The Kier molecular flexibility index (Phi) is 4.60. The maximum absolute atomic E-state index is 12.2. The van der Waals surface area contributed by atoms with Crippen molar-refractivity contribution in [3.05, 3.63) is 46.3 Å². The van der Waals surface area contributed by atoms with Crippen LogP contribution in [0.5, 0.6) is 0 Å². The van der Waals surface area contributed by atoms with Crippen molar-refractivity contribution in [2.45, 2.75) is 26.3 Å². The Morgan fingerprint density at radius 3 is 2.64 bits per heavy atom. The van der Waals surface area contributed by atoms with Gasteiger partial charge in [0, 0.05) is 5.39 Å². The summed E-state index contributed by atoms with van der Waals surface area (Å²) < 4.78 is 5.08. The first kappa shape index (κ1) is 15.8. The monoisotopic (exact) mass is 303 g/mol. The average molecular weight is 303 g/mol. The van der Waals surface area contributed by atoms with Gasteiger partial charge in [0.2, 0.25) is 0 Å². The van der Waals surface area contributed by atoms with E-state index in [0.717, 1.165) is 0 Å². The number of hydrogen-bond acceptors (Lipinski definition) is 4. The fourth-order valence-electron chi connectivity index (χ4n) is 2.12. The van der Waals surface area contributed by atoms with Gasteiger partial charge < -0.3 is 14.8 Å². The molecular formula is C16H17NO5. The van der Waals surface area contributed by atoms with Crippen molar-refractivity contribution in [2.24, 2.45) is 5.92 Å². The second-order valence-electron chi connectivity index (χ2n) is 5.16. The van der Waals surface area contributed by atoms with Crippen LogP contribution in [0, 0.1) is 5.92 Å². The van der Waals surface area contributed by atoms with Crippen molar-refractivity contribution in [3.63, 3.8) is 0 Å². The van der Waals surface area contributed by atoms with Crippen molar-refractivity contribution in [1.29, 1.82) is 0 Å². The molecule has 6 nitrogen and oxygen atoms in total. The first-order chi connectivity index (χ1) is 10.4. The van der Waals surface area contributed by atoms with Gasteiger partial charge in [-0.15, -0.1) is 0 Å². The summed E-state index contributed by atoms with van der Waals surface area (Å²) in [5.41, 5.74) is -0.612. The second-order valence-corrected chi connectivity index (χ2v) is 5.16. The zero-order valence-electron chi connectivity index (χ0n) is 12.3. The van der Waals surface area contributed by atoms with E-state index in [-0.39, 0.29) is 11.5 Å². The summed E-state index contributed by atoms with van der Waals surface area (Å²) in [4.78, 5) is 35.3. The van der Waals surface area contributed by atoms with Crippen molar-refractivity contribution in [3.8, 4) is 0 Å². The number of aliphatic carboxylic acids is 1. The van der Waals surface area contributed by atoms with Crippen LogP contribution in [0.15, 0.2) is 39.5 Å². The molecule has 2 aromatic rings. The molecule has 0 fully saturated rings. The Morgan fingerprint density at radius 1 is 1.32 bits per heavy atom. The molecule has 0 unspecified atom stereocenters. The highest BCUT2D eigenvalue weighted by Gasteiger charge is 2.27. The van der Waals surface area contributed by atoms with E-state index in [4.69, 9.17) is 4.42 Å². The molecule has 2 rings (SSSR count). The topological polar surface area (TPSA) is 96.6 Å². The SMILES string of the molecule is CC[C@H](C)[C@H](NC(=O)c1cc2ccccc2oc1=O)C(=O)O. The lowest BCUT2D eigenvalue weighted by Gasteiger charge is -2.19. The van der Waals surface area contributed by atoms with Crippen molar-refractivity contribution in [2.75, 3.05) is 0 Å². The smallest absolute Gasteiger partial charge is 0.349 e. The van der Waals surface area contributed by atoms with Gasteiger partial charge in [0.05, 0.1) is 0 Å². The molecule has 116 valence electrons. The predicted octanol–water partition coefficient (Wildman–Crippen LogP) is 2.02. The molecule has 0 spiro atoms. The lowest BCUT2D eigenvalue weighted by atomic mass is 9.99. The van der Waals surface area contributed by atoms with Gasteiger partial charge in [-0.2, -0.15) is 0 Å². The second kappa shape index (κ2) is 6.43. The van der Waals surface area contributed by atoms with Gasteiger partial charge in [0.15, 0.2) is 0 Å². The molecule has 0 radical (unpaired) electrons. The molecule has 0 aliphatic rings. The largest absolute Gasteiger partial charge is 0.480 e. The van der Waals surface area contributed by atoms with E-state index in [1.54, 1.807) is 31.2 Å². The number of carbonyl (C=O) groups is 2. The fraction of sp³-hybridized carbons (Fsp3) is 0.312. The Bertz CT molecular complexity index is 764. The number of para-hydroxylation sites is 1. The lowest BCUT2D eigenvalue weighted by molar-refractivity contribution is -0.140. The van der Waals surface area contributed by atoms with Gasteiger partial charge in [0.1, 0.15) is 17.2 Å². The Hall–Kier alpha value is -2.63. The molecule has 2 N–H and O–H groups in total. The molecular weight excluding hydrogens is 286 g/mol. The molecule has 1 amide bonds. The average Bonchev–Trinajstić information content (AvgIpc) is 2.50. The number of nitrogens with one attached hydrogen (secondary N) is 1. The molecule has 2 atom stereocenters. The Balaban J connectivity index is 2.34. The van der Waals surface area contributed by atoms with E-state index in [9.17, 15) is 19.5 Å². The molecule has 0 aliphatic carbocycles. The van der Waals surface area contributed by atoms with Crippen molar-refractivity contribution in [1.82, 2.24) is 5.32 Å². The van der Waals surface area contributed by atoms with Gasteiger partial charge in [-0.3, -0.25) is 4.79 Å². The molecule has 6 heteroatoms. The zero-order chi connectivity index (χ0) is 16.3. The minimum Gasteiger partial charge on any atom is -0.480 e. The maximum Gasteiger partial charge on any atom is 0.349 e. The minimum absolute atomic E-state index is 0.201. The van der Waals surface area contributed by atoms with Crippen LogP contribution in [0.2, 0.25) is 0 Å². The minimum atomic E-state index is -1.13. The van der Waals surface area contributed by atoms with Gasteiger partial charge in [-0.1, -0.05) is 38.5 Å². The normalized spacial score (nSPS) is 13.5. The number of carboxylic acids is 1. The van der Waals surface area contributed by atoms with Crippen molar-refractivity contribution >= 4 is 22.8 Å². The highest BCUT2D eigenvalue weighted by Crippen LogP contribution is 2.13. The summed E-state index contributed by atoms with van der Waals surface area (Å²) in [6, 6.07) is 7.16. The summed E-state index contributed by atoms with van der Waals surface area (Å²) in [6.07, 6.45) is 0.587. The molecule has 0 bridgehead atoms. The van der Waals surface area contributed by atoms with Crippen LogP contribution in [0.25, 0.3) is 11.0 Å². The number of benzene rings is 1. The molecule has 0 saturated carbocycles. The number of fused-ring (bicyclic) bond motifs is 1.